The fraction of sp³-hybridized carbons (Fsp3) is 0.692. The van der Waals surface area contributed by atoms with E-state index < -0.39 is 5.97 Å². The first-order valence-corrected chi connectivity index (χ1v) is 7.39. The van der Waals surface area contributed by atoms with Crippen LogP contribution in [-0.2, 0) is 4.74 Å². The van der Waals surface area contributed by atoms with Crippen LogP contribution in [0.25, 0.3) is 0 Å². The predicted octanol–water partition coefficient (Wildman–Crippen LogP) is 2.83. The lowest BCUT2D eigenvalue weighted by atomic mass is 10.1. The molecular formula is C13H22N2O3S. The van der Waals surface area contributed by atoms with E-state index in [1.807, 2.05) is 27.7 Å². The van der Waals surface area contributed by atoms with Crippen molar-refractivity contribution in [2.24, 2.45) is 0 Å². The maximum Gasteiger partial charge on any atom is 0.347 e. The molecule has 0 saturated heterocycles. The Labute approximate surface area is 118 Å². The van der Waals surface area contributed by atoms with Crippen molar-refractivity contribution in [3.8, 4) is 0 Å². The van der Waals surface area contributed by atoms with Crippen molar-refractivity contribution in [1.29, 1.82) is 0 Å². The van der Waals surface area contributed by atoms with Crippen molar-refractivity contribution in [1.82, 2.24) is 4.98 Å². The number of rotatable bonds is 8. The highest BCUT2D eigenvalue weighted by atomic mass is 32.1. The summed E-state index contributed by atoms with van der Waals surface area (Å²) in [5.74, 6) is -0.782. The number of likely N-dealkylation sites (N-methyl/N-ethyl adjacent to an activating group) is 1. The first-order valence-electron chi connectivity index (χ1n) is 6.57. The van der Waals surface area contributed by atoms with Gasteiger partial charge in [0, 0.05) is 19.7 Å². The van der Waals surface area contributed by atoms with Crippen LogP contribution in [0, 0.1) is 0 Å². The van der Waals surface area contributed by atoms with E-state index in [0.29, 0.717) is 23.8 Å². The van der Waals surface area contributed by atoms with Crippen molar-refractivity contribution >= 4 is 22.4 Å². The second-order valence-electron chi connectivity index (χ2n) is 4.45. The van der Waals surface area contributed by atoms with Crippen LogP contribution in [0.2, 0.25) is 0 Å². The molecule has 0 radical (unpaired) electrons. The van der Waals surface area contributed by atoms with Gasteiger partial charge in [0.05, 0.1) is 12.3 Å². The number of carbonyl (C=O) groups is 1. The summed E-state index contributed by atoms with van der Waals surface area (Å²) in [5, 5.41) is 9.99. The molecule has 0 fully saturated rings. The number of anilines is 1. The van der Waals surface area contributed by atoms with Crippen LogP contribution in [0.1, 0.15) is 49.0 Å². The predicted molar refractivity (Wildman–Crippen MR) is 77.5 cm³/mol. The quantitative estimate of drug-likeness (QED) is 0.745. The van der Waals surface area contributed by atoms with Crippen molar-refractivity contribution < 1.29 is 14.6 Å². The van der Waals surface area contributed by atoms with E-state index in [1.165, 1.54) is 11.3 Å². The van der Waals surface area contributed by atoms with E-state index in [0.717, 1.165) is 18.2 Å². The largest absolute Gasteiger partial charge is 0.477 e. The van der Waals surface area contributed by atoms with Gasteiger partial charge >= 0.3 is 5.97 Å². The Bertz CT molecular complexity index is 418. The topological polar surface area (TPSA) is 62.7 Å². The number of carboxylic acid groups (broad SMARTS) is 1. The summed E-state index contributed by atoms with van der Waals surface area (Å²) in [7, 11) is 0. The monoisotopic (exact) mass is 286 g/mol. The van der Waals surface area contributed by atoms with Crippen LogP contribution in [0.15, 0.2) is 0 Å². The number of ether oxygens (including phenoxy) is 1. The van der Waals surface area contributed by atoms with Gasteiger partial charge in [-0.25, -0.2) is 9.78 Å². The smallest absolute Gasteiger partial charge is 0.347 e. The molecule has 1 rings (SSSR count). The lowest BCUT2D eigenvalue weighted by Crippen LogP contribution is -2.27. The van der Waals surface area contributed by atoms with Gasteiger partial charge in [-0.3, -0.25) is 0 Å². The normalized spacial score (nSPS) is 11.0. The second-order valence-corrected chi connectivity index (χ2v) is 5.42. The molecular weight excluding hydrogens is 264 g/mol. The van der Waals surface area contributed by atoms with Crippen molar-refractivity contribution in [2.45, 2.75) is 33.6 Å². The molecule has 1 aromatic heterocycles. The molecule has 0 unspecified atom stereocenters. The highest BCUT2D eigenvalue weighted by Crippen LogP contribution is 2.30. The third-order valence-corrected chi connectivity index (χ3v) is 3.87. The summed E-state index contributed by atoms with van der Waals surface area (Å²) in [6.45, 7) is 10.7. The van der Waals surface area contributed by atoms with E-state index >= 15 is 0 Å². The Balaban J connectivity index is 2.92. The summed E-state index contributed by atoms with van der Waals surface area (Å²) in [5.41, 5.74) is 0.669. The van der Waals surface area contributed by atoms with Gasteiger partial charge < -0.3 is 14.7 Å². The van der Waals surface area contributed by atoms with Crippen LogP contribution in [0.3, 0.4) is 0 Å². The van der Waals surface area contributed by atoms with Crippen LogP contribution in [0.4, 0.5) is 5.13 Å². The molecule has 1 aromatic rings. The SMILES string of the molecule is CCOCCN(CC)c1nc(C(C)C)c(C(=O)O)s1. The van der Waals surface area contributed by atoms with E-state index in [1.54, 1.807) is 0 Å². The van der Waals surface area contributed by atoms with Crippen LogP contribution in [-0.4, -0.2) is 42.4 Å². The molecule has 0 aromatic carbocycles. The Morgan fingerprint density at radius 1 is 1.47 bits per heavy atom. The van der Waals surface area contributed by atoms with E-state index in [9.17, 15) is 9.90 Å². The summed E-state index contributed by atoms with van der Waals surface area (Å²) in [4.78, 5) is 18.1. The molecule has 0 aliphatic heterocycles. The minimum absolute atomic E-state index is 0.113. The van der Waals surface area contributed by atoms with Crippen LogP contribution in [0.5, 0.6) is 0 Å². The van der Waals surface area contributed by atoms with Crippen molar-refractivity contribution in [2.75, 3.05) is 31.2 Å². The maximum atomic E-state index is 11.2. The zero-order chi connectivity index (χ0) is 14.4. The van der Waals surface area contributed by atoms with E-state index in [2.05, 4.69) is 9.88 Å². The van der Waals surface area contributed by atoms with Gasteiger partial charge in [0.25, 0.3) is 0 Å². The van der Waals surface area contributed by atoms with Gasteiger partial charge in [-0.05, 0) is 19.8 Å². The number of aromatic nitrogens is 1. The van der Waals surface area contributed by atoms with E-state index in [-0.39, 0.29) is 5.92 Å². The molecule has 108 valence electrons. The third-order valence-electron chi connectivity index (χ3n) is 2.75. The molecule has 0 aliphatic rings. The summed E-state index contributed by atoms with van der Waals surface area (Å²) in [6.07, 6.45) is 0. The molecule has 1 N–H and O–H groups in total. The standard InChI is InChI=1S/C13H22N2O3S/c1-5-15(7-8-18-6-2)13-14-10(9(3)4)11(19-13)12(16)17/h9H,5-8H2,1-4H3,(H,16,17). The molecule has 0 spiro atoms. The van der Waals surface area contributed by atoms with Gasteiger partial charge in [0.2, 0.25) is 0 Å². The fourth-order valence-corrected chi connectivity index (χ4v) is 2.86. The zero-order valence-electron chi connectivity index (χ0n) is 12.0. The molecule has 6 heteroatoms. The molecule has 0 bridgehead atoms. The second kappa shape index (κ2) is 7.45. The summed E-state index contributed by atoms with van der Waals surface area (Å²) in [6, 6.07) is 0. The molecule has 0 atom stereocenters. The van der Waals surface area contributed by atoms with Gasteiger partial charge in [0.1, 0.15) is 4.88 Å². The molecule has 0 amide bonds. The minimum atomic E-state index is -0.895. The van der Waals surface area contributed by atoms with Crippen LogP contribution < -0.4 is 4.90 Å². The highest BCUT2D eigenvalue weighted by molar-refractivity contribution is 7.17. The maximum absolute atomic E-state index is 11.2. The van der Waals surface area contributed by atoms with Gasteiger partial charge in [-0.2, -0.15) is 0 Å². The van der Waals surface area contributed by atoms with Crippen molar-refractivity contribution in [3.05, 3.63) is 10.6 Å². The first kappa shape index (κ1) is 15.9. The highest BCUT2D eigenvalue weighted by Gasteiger charge is 2.21. The minimum Gasteiger partial charge on any atom is -0.477 e. The zero-order valence-corrected chi connectivity index (χ0v) is 12.8. The molecule has 1 heterocycles. The molecule has 0 aliphatic carbocycles. The fourth-order valence-electron chi connectivity index (χ4n) is 1.71. The van der Waals surface area contributed by atoms with Crippen LogP contribution >= 0.6 is 11.3 Å². The number of hydrogen-bond donors (Lipinski definition) is 1. The van der Waals surface area contributed by atoms with Crippen molar-refractivity contribution in [3.63, 3.8) is 0 Å². The third kappa shape index (κ3) is 4.18. The summed E-state index contributed by atoms with van der Waals surface area (Å²) < 4.78 is 5.34. The Kier molecular flexibility index (Phi) is 6.24. The number of nitrogens with zero attached hydrogens (tertiary/aromatic N) is 2. The average molecular weight is 286 g/mol. The number of thiazole rings is 1. The van der Waals surface area contributed by atoms with Gasteiger partial charge in [-0.1, -0.05) is 25.2 Å². The first-order chi connectivity index (χ1) is 9.01. The van der Waals surface area contributed by atoms with E-state index in [4.69, 9.17) is 4.74 Å². The number of aromatic carboxylic acids is 1. The average Bonchev–Trinajstić information content (AvgIpc) is 2.80. The lowest BCUT2D eigenvalue weighted by molar-refractivity contribution is 0.0700. The summed E-state index contributed by atoms with van der Waals surface area (Å²) >= 11 is 1.25. The molecule has 0 saturated carbocycles. The number of hydrogen-bond acceptors (Lipinski definition) is 5. The Hall–Kier alpha value is -1.14. The lowest BCUT2D eigenvalue weighted by Gasteiger charge is -2.19. The van der Waals surface area contributed by atoms with Gasteiger partial charge in [0.15, 0.2) is 5.13 Å². The molecule has 19 heavy (non-hydrogen) atoms. The Morgan fingerprint density at radius 3 is 2.58 bits per heavy atom. The molecule has 5 nitrogen and oxygen atoms in total. The number of carboxylic acids is 1. The van der Waals surface area contributed by atoms with Gasteiger partial charge in [-0.15, -0.1) is 0 Å². The Morgan fingerprint density at radius 2 is 2.16 bits per heavy atom.